The maximum atomic E-state index is 11.9. The lowest BCUT2D eigenvalue weighted by atomic mass is 10.1. The third-order valence-corrected chi connectivity index (χ3v) is 2.56. The molecule has 0 amide bonds. The number of rotatable bonds is 2. The van der Waals surface area contributed by atoms with Gasteiger partial charge in [0.1, 0.15) is 5.78 Å². The van der Waals surface area contributed by atoms with E-state index in [-0.39, 0.29) is 17.6 Å². The molecule has 3 heteroatoms. The molecule has 0 aliphatic rings. The van der Waals surface area contributed by atoms with Crippen LogP contribution in [0, 0.1) is 6.92 Å². The van der Waals surface area contributed by atoms with Crippen LogP contribution in [0.15, 0.2) is 29.1 Å². The topological polar surface area (TPSA) is 49.9 Å². The molecule has 0 aliphatic carbocycles. The summed E-state index contributed by atoms with van der Waals surface area (Å²) in [5.74, 6) is 0.0441. The minimum Gasteiger partial charge on any atom is -0.358 e. The molecule has 0 spiro atoms. The molecule has 0 bridgehead atoms. The number of Topliss-reactive ketones (excluding diaryl/α,β-unsaturated/α-hetero) is 1. The predicted octanol–water partition coefficient (Wildman–Crippen LogP) is 1.97. The van der Waals surface area contributed by atoms with Crippen molar-refractivity contribution in [1.29, 1.82) is 0 Å². The highest BCUT2D eigenvalue weighted by atomic mass is 16.1. The summed E-state index contributed by atoms with van der Waals surface area (Å²) in [5, 5.41) is 0.704. The highest BCUT2D eigenvalue weighted by Gasteiger charge is 2.05. The van der Waals surface area contributed by atoms with Gasteiger partial charge in [-0.2, -0.15) is 0 Å². The fourth-order valence-corrected chi connectivity index (χ4v) is 1.90. The van der Waals surface area contributed by atoms with E-state index in [9.17, 15) is 9.59 Å². The standard InChI is InChI=1S/C13H13NO2/c1-8-4-3-5-11-13(8)12(16)7-10(14-11)6-9(2)15/h3-5,7H,6H2,1-2H3,(H,14,16). The van der Waals surface area contributed by atoms with Gasteiger partial charge in [0.2, 0.25) is 0 Å². The van der Waals surface area contributed by atoms with Crippen molar-refractivity contribution in [2.75, 3.05) is 0 Å². The average molecular weight is 215 g/mol. The van der Waals surface area contributed by atoms with Crippen LogP contribution in [0.5, 0.6) is 0 Å². The van der Waals surface area contributed by atoms with Crippen molar-refractivity contribution in [3.63, 3.8) is 0 Å². The molecule has 0 aliphatic heterocycles. The number of ketones is 1. The second-order valence-corrected chi connectivity index (χ2v) is 4.04. The van der Waals surface area contributed by atoms with Gasteiger partial charge < -0.3 is 4.98 Å². The van der Waals surface area contributed by atoms with E-state index < -0.39 is 0 Å². The summed E-state index contributed by atoms with van der Waals surface area (Å²) in [4.78, 5) is 26.0. The van der Waals surface area contributed by atoms with Crippen molar-refractivity contribution >= 4 is 16.7 Å². The van der Waals surface area contributed by atoms with E-state index in [4.69, 9.17) is 0 Å². The molecule has 0 fully saturated rings. The maximum Gasteiger partial charge on any atom is 0.189 e. The van der Waals surface area contributed by atoms with Crippen LogP contribution in [-0.2, 0) is 11.2 Å². The fourth-order valence-electron chi connectivity index (χ4n) is 1.90. The van der Waals surface area contributed by atoms with Gasteiger partial charge in [0.05, 0.1) is 0 Å². The molecule has 2 rings (SSSR count). The normalized spacial score (nSPS) is 10.6. The summed E-state index contributed by atoms with van der Waals surface area (Å²) in [7, 11) is 0. The zero-order valence-electron chi connectivity index (χ0n) is 9.33. The minimum absolute atomic E-state index is 0.0249. The Hall–Kier alpha value is -1.90. The third-order valence-electron chi connectivity index (χ3n) is 2.56. The number of aromatic amines is 1. The van der Waals surface area contributed by atoms with Crippen molar-refractivity contribution < 1.29 is 4.79 Å². The first kappa shape index (κ1) is 10.6. The first-order valence-corrected chi connectivity index (χ1v) is 5.19. The number of pyridine rings is 1. The summed E-state index contributed by atoms with van der Waals surface area (Å²) in [6.45, 7) is 3.42. The van der Waals surface area contributed by atoms with Crippen LogP contribution in [0.1, 0.15) is 18.2 Å². The number of fused-ring (bicyclic) bond motifs is 1. The fraction of sp³-hybridized carbons (Fsp3) is 0.231. The second-order valence-electron chi connectivity index (χ2n) is 4.04. The van der Waals surface area contributed by atoms with Crippen molar-refractivity contribution in [3.8, 4) is 0 Å². The summed E-state index contributed by atoms with van der Waals surface area (Å²) in [6, 6.07) is 7.16. The third kappa shape index (κ3) is 1.89. The number of carbonyl (C=O) groups is 1. The summed E-state index contributed by atoms with van der Waals surface area (Å²) in [6.07, 6.45) is 0.277. The molecule has 0 saturated heterocycles. The first-order valence-electron chi connectivity index (χ1n) is 5.19. The van der Waals surface area contributed by atoms with Gasteiger partial charge in [-0.15, -0.1) is 0 Å². The Morgan fingerprint density at radius 1 is 1.38 bits per heavy atom. The Kier molecular flexibility index (Phi) is 2.60. The van der Waals surface area contributed by atoms with Gasteiger partial charge in [0, 0.05) is 29.1 Å². The number of hydrogen-bond acceptors (Lipinski definition) is 2. The molecule has 1 N–H and O–H groups in total. The van der Waals surface area contributed by atoms with Crippen molar-refractivity contribution in [3.05, 3.63) is 45.7 Å². The molecule has 0 unspecified atom stereocenters. The molecule has 3 nitrogen and oxygen atoms in total. The molecule has 82 valence electrons. The second kappa shape index (κ2) is 3.93. The molecular weight excluding hydrogens is 202 g/mol. The zero-order valence-corrected chi connectivity index (χ0v) is 9.33. The lowest BCUT2D eigenvalue weighted by Crippen LogP contribution is -2.09. The number of benzene rings is 1. The number of nitrogens with one attached hydrogen (secondary N) is 1. The number of H-pyrrole nitrogens is 1. The summed E-state index contributed by atoms with van der Waals surface area (Å²) >= 11 is 0. The Balaban J connectivity index is 2.69. The van der Waals surface area contributed by atoms with Crippen LogP contribution in [0.2, 0.25) is 0 Å². The highest BCUT2D eigenvalue weighted by Crippen LogP contribution is 2.12. The predicted molar refractivity (Wildman–Crippen MR) is 63.7 cm³/mol. The van der Waals surface area contributed by atoms with Gasteiger partial charge in [-0.1, -0.05) is 12.1 Å². The number of carbonyl (C=O) groups excluding carboxylic acids is 1. The average Bonchev–Trinajstić information content (AvgIpc) is 2.15. The van der Waals surface area contributed by atoms with E-state index in [1.165, 1.54) is 13.0 Å². The highest BCUT2D eigenvalue weighted by molar-refractivity contribution is 5.83. The molecule has 0 radical (unpaired) electrons. The smallest absolute Gasteiger partial charge is 0.189 e. The summed E-state index contributed by atoms with van der Waals surface area (Å²) < 4.78 is 0. The van der Waals surface area contributed by atoms with E-state index in [0.717, 1.165) is 11.1 Å². The molecule has 0 saturated carbocycles. The van der Waals surface area contributed by atoms with E-state index in [1.807, 2.05) is 25.1 Å². The zero-order chi connectivity index (χ0) is 11.7. The number of aromatic nitrogens is 1. The van der Waals surface area contributed by atoms with Crippen LogP contribution in [-0.4, -0.2) is 10.8 Å². The van der Waals surface area contributed by atoms with Crippen LogP contribution in [0.4, 0.5) is 0 Å². The van der Waals surface area contributed by atoms with E-state index >= 15 is 0 Å². The quantitative estimate of drug-likeness (QED) is 0.832. The van der Waals surface area contributed by atoms with Gasteiger partial charge in [0.15, 0.2) is 5.43 Å². The van der Waals surface area contributed by atoms with Gasteiger partial charge >= 0.3 is 0 Å². The minimum atomic E-state index is -0.0249. The molecule has 1 aromatic carbocycles. The maximum absolute atomic E-state index is 11.9. The molecule has 2 aromatic rings. The molecule has 16 heavy (non-hydrogen) atoms. The Morgan fingerprint density at radius 3 is 2.81 bits per heavy atom. The molecule has 1 heterocycles. The van der Waals surface area contributed by atoms with Gasteiger partial charge in [-0.05, 0) is 25.5 Å². The SMILES string of the molecule is CC(=O)Cc1cc(=O)c2c(C)cccc2[nH]1. The lowest BCUT2D eigenvalue weighted by Gasteiger charge is -2.04. The molecule has 0 atom stereocenters. The van der Waals surface area contributed by atoms with Gasteiger partial charge in [-0.25, -0.2) is 0 Å². The Bertz CT molecular complexity index is 611. The molecule has 1 aromatic heterocycles. The van der Waals surface area contributed by atoms with Crippen LogP contribution in [0.3, 0.4) is 0 Å². The van der Waals surface area contributed by atoms with Gasteiger partial charge in [-0.3, -0.25) is 9.59 Å². The van der Waals surface area contributed by atoms with Gasteiger partial charge in [0.25, 0.3) is 0 Å². The van der Waals surface area contributed by atoms with Crippen molar-refractivity contribution in [1.82, 2.24) is 4.98 Å². The van der Waals surface area contributed by atoms with Crippen LogP contribution in [0.25, 0.3) is 10.9 Å². The number of hydrogen-bond donors (Lipinski definition) is 1. The lowest BCUT2D eigenvalue weighted by molar-refractivity contribution is -0.116. The largest absolute Gasteiger partial charge is 0.358 e. The molecular formula is C13H13NO2. The number of aryl methyl sites for hydroxylation is 1. The van der Waals surface area contributed by atoms with Crippen molar-refractivity contribution in [2.24, 2.45) is 0 Å². The monoisotopic (exact) mass is 215 g/mol. The first-order chi connectivity index (χ1) is 7.58. The summed E-state index contributed by atoms with van der Waals surface area (Å²) in [5.41, 5.74) is 2.40. The van der Waals surface area contributed by atoms with E-state index in [2.05, 4.69) is 4.98 Å². The Labute approximate surface area is 93.1 Å². The Morgan fingerprint density at radius 2 is 2.12 bits per heavy atom. The van der Waals surface area contributed by atoms with E-state index in [0.29, 0.717) is 11.1 Å². The van der Waals surface area contributed by atoms with E-state index in [1.54, 1.807) is 0 Å². The van der Waals surface area contributed by atoms with Crippen LogP contribution < -0.4 is 5.43 Å². The van der Waals surface area contributed by atoms with Crippen LogP contribution >= 0.6 is 0 Å². The van der Waals surface area contributed by atoms with Crippen molar-refractivity contribution in [2.45, 2.75) is 20.3 Å².